The predicted octanol–water partition coefficient (Wildman–Crippen LogP) is 1.55. The van der Waals surface area contributed by atoms with Crippen LogP contribution in [-0.2, 0) is 0 Å². The number of aliphatic hydroxyl groups excluding tert-OH is 1. The van der Waals surface area contributed by atoms with Crippen LogP contribution in [0.25, 0.3) is 0 Å². The number of rotatable bonds is 3. The quantitative estimate of drug-likeness (QED) is 0.633. The van der Waals surface area contributed by atoms with Crippen molar-refractivity contribution in [3.05, 3.63) is 6.42 Å². The second kappa shape index (κ2) is 9.79. The summed E-state index contributed by atoms with van der Waals surface area (Å²) in [6.07, 6.45) is 3.54. The van der Waals surface area contributed by atoms with E-state index < -0.39 is 0 Å². The van der Waals surface area contributed by atoms with Crippen LogP contribution in [0.1, 0.15) is 26.7 Å². The maximum absolute atomic E-state index is 8.80. The van der Waals surface area contributed by atoms with Crippen molar-refractivity contribution < 1.29 is 5.11 Å². The lowest BCUT2D eigenvalue weighted by Crippen LogP contribution is -2.02. The van der Waals surface area contributed by atoms with Crippen molar-refractivity contribution in [2.24, 2.45) is 0 Å². The second-order valence-corrected chi connectivity index (χ2v) is 2.96. The molecule has 2 nitrogen and oxygen atoms in total. The maximum Gasteiger partial charge on any atom is 0.194 e. The van der Waals surface area contributed by atoms with Gasteiger partial charge in [0.15, 0.2) is 6.10 Å². The Hall–Kier alpha value is -0.210. The average molecular weight is 160 g/mol. The number of hydrogen-bond donors (Lipinski definition) is 1. The molecular formula is C9H22NO+. The summed E-state index contributed by atoms with van der Waals surface area (Å²) in [5.41, 5.74) is 0. The summed E-state index contributed by atoms with van der Waals surface area (Å²) in [4.78, 5) is 2.00. The van der Waals surface area contributed by atoms with E-state index in [9.17, 15) is 0 Å². The molecule has 0 saturated carbocycles. The second-order valence-electron chi connectivity index (χ2n) is 2.96. The lowest BCUT2D eigenvalue weighted by Gasteiger charge is -1.91. The normalized spacial score (nSPS) is 11.9. The van der Waals surface area contributed by atoms with Crippen LogP contribution >= 0.6 is 0 Å². The summed E-state index contributed by atoms with van der Waals surface area (Å²) in [6.45, 7) is 4.00. The summed E-state index contributed by atoms with van der Waals surface area (Å²) < 4.78 is 0. The molecule has 1 atom stereocenters. The van der Waals surface area contributed by atoms with Gasteiger partial charge < -0.3 is 10.0 Å². The molecule has 68 valence electrons. The van der Waals surface area contributed by atoms with Gasteiger partial charge in [0.05, 0.1) is 6.42 Å². The molecule has 1 unspecified atom stereocenters. The zero-order valence-electron chi connectivity index (χ0n) is 8.46. The van der Waals surface area contributed by atoms with Crippen LogP contribution in [0.15, 0.2) is 0 Å². The minimum Gasteiger partial charge on any atom is -0.353 e. The minimum atomic E-state index is -0.176. The van der Waals surface area contributed by atoms with Gasteiger partial charge in [-0.1, -0.05) is 6.92 Å². The first-order chi connectivity index (χ1) is 5.04. The van der Waals surface area contributed by atoms with E-state index in [0.717, 1.165) is 12.8 Å². The van der Waals surface area contributed by atoms with E-state index >= 15 is 0 Å². The average Bonchev–Trinajstić information content (AvgIpc) is 1.87. The Kier molecular flexibility index (Phi) is 11.9. The molecule has 0 fully saturated rings. The summed E-state index contributed by atoms with van der Waals surface area (Å²) in [6, 6.07) is 0. The molecule has 0 saturated heterocycles. The van der Waals surface area contributed by atoms with Gasteiger partial charge in [0.25, 0.3) is 0 Å². The third-order valence-corrected chi connectivity index (χ3v) is 0.926. The maximum atomic E-state index is 8.80. The van der Waals surface area contributed by atoms with Crippen molar-refractivity contribution in [3.63, 3.8) is 0 Å². The monoisotopic (exact) mass is 160 g/mol. The SMILES string of the molecule is CC[CH+]C(O)CC.CN(C)C. The Balaban J connectivity index is 0. The highest BCUT2D eigenvalue weighted by molar-refractivity contribution is 4.70. The molecule has 0 aliphatic heterocycles. The Labute approximate surface area is 71.2 Å². The van der Waals surface area contributed by atoms with Gasteiger partial charge in [-0.05, 0) is 28.1 Å². The number of aliphatic hydroxyl groups is 1. The first-order valence-electron chi connectivity index (χ1n) is 4.16. The van der Waals surface area contributed by atoms with Crippen molar-refractivity contribution in [2.45, 2.75) is 32.8 Å². The number of hydrogen-bond acceptors (Lipinski definition) is 2. The summed E-state index contributed by atoms with van der Waals surface area (Å²) in [5, 5.41) is 8.80. The number of nitrogens with zero attached hydrogens (tertiary/aromatic N) is 1. The van der Waals surface area contributed by atoms with E-state index in [1.54, 1.807) is 0 Å². The smallest absolute Gasteiger partial charge is 0.194 e. The molecule has 0 heterocycles. The molecule has 0 aliphatic rings. The van der Waals surface area contributed by atoms with Crippen molar-refractivity contribution in [2.75, 3.05) is 21.1 Å². The zero-order chi connectivity index (χ0) is 9.28. The molecule has 0 bridgehead atoms. The van der Waals surface area contributed by atoms with Gasteiger partial charge in [0.1, 0.15) is 6.42 Å². The standard InChI is InChI=1S/C6H13O.C3H9N/c1-3-5-6(7)4-2;1-4(2)3/h5-7H,3-4H2,1-2H3;1-3H3/q+1;. The summed E-state index contributed by atoms with van der Waals surface area (Å²) >= 11 is 0. The van der Waals surface area contributed by atoms with Gasteiger partial charge in [-0.2, -0.15) is 0 Å². The van der Waals surface area contributed by atoms with Crippen LogP contribution in [-0.4, -0.2) is 37.3 Å². The van der Waals surface area contributed by atoms with Crippen LogP contribution in [0.5, 0.6) is 0 Å². The molecule has 0 aromatic carbocycles. The van der Waals surface area contributed by atoms with Gasteiger partial charge in [0.2, 0.25) is 0 Å². The third kappa shape index (κ3) is 25.9. The van der Waals surface area contributed by atoms with Crippen molar-refractivity contribution in [1.82, 2.24) is 4.90 Å². The third-order valence-electron chi connectivity index (χ3n) is 0.926. The molecule has 2 heteroatoms. The Morgan fingerprint density at radius 3 is 1.73 bits per heavy atom. The highest BCUT2D eigenvalue weighted by atomic mass is 16.3. The summed E-state index contributed by atoms with van der Waals surface area (Å²) in [7, 11) is 6.00. The van der Waals surface area contributed by atoms with Crippen molar-refractivity contribution >= 4 is 0 Å². The van der Waals surface area contributed by atoms with Gasteiger partial charge in [-0.15, -0.1) is 0 Å². The molecule has 1 N–H and O–H groups in total. The van der Waals surface area contributed by atoms with Crippen LogP contribution in [0, 0.1) is 6.42 Å². The first-order valence-corrected chi connectivity index (χ1v) is 4.16. The van der Waals surface area contributed by atoms with Gasteiger partial charge in [-0.25, -0.2) is 0 Å². The lowest BCUT2D eigenvalue weighted by atomic mass is 10.2. The van der Waals surface area contributed by atoms with Crippen LogP contribution in [0.4, 0.5) is 0 Å². The molecule has 0 radical (unpaired) electrons. The molecular weight excluding hydrogens is 138 g/mol. The zero-order valence-corrected chi connectivity index (χ0v) is 8.46. The highest BCUT2D eigenvalue weighted by Crippen LogP contribution is 1.96. The van der Waals surface area contributed by atoms with Crippen molar-refractivity contribution in [1.29, 1.82) is 0 Å². The predicted molar refractivity (Wildman–Crippen MR) is 50.5 cm³/mol. The molecule has 0 amide bonds. The fraction of sp³-hybridized carbons (Fsp3) is 0.889. The molecule has 0 spiro atoms. The Morgan fingerprint density at radius 2 is 1.64 bits per heavy atom. The topological polar surface area (TPSA) is 23.5 Å². The van der Waals surface area contributed by atoms with Gasteiger partial charge >= 0.3 is 0 Å². The van der Waals surface area contributed by atoms with E-state index in [-0.39, 0.29) is 6.10 Å². The van der Waals surface area contributed by atoms with Crippen LogP contribution in [0.2, 0.25) is 0 Å². The first kappa shape index (κ1) is 13.4. The van der Waals surface area contributed by atoms with Crippen LogP contribution < -0.4 is 0 Å². The molecule has 0 aromatic rings. The van der Waals surface area contributed by atoms with Gasteiger partial charge in [0, 0.05) is 6.42 Å². The fourth-order valence-corrected chi connectivity index (χ4v) is 0.439. The molecule has 11 heavy (non-hydrogen) atoms. The van der Waals surface area contributed by atoms with E-state index in [1.165, 1.54) is 0 Å². The van der Waals surface area contributed by atoms with E-state index in [1.807, 2.05) is 46.3 Å². The van der Waals surface area contributed by atoms with Gasteiger partial charge in [-0.3, -0.25) is 0 Å². The fourth-order valence-electron chi connectivity index (χ4n) is 0.439. The molecule has 0 aliphatic carbocycles. The van der Waals surface area contributed by atoms with Crippen LogP contribution in [0.3, 0.4) is 0 Å². The minimum absolute atomic E-state index is 0.176. The lowest BCUT2D eigenvalue weighted by molar-refractivity contribution is 0.199. The Bertz CT molecular complexity index is 61.8. The van der Waals surface area contributed by atoms with E-state index in [4.69, 9.17) is 5.11 Å². The van der Waals surface area contributed by atoms with E-state index in [2.05, 4.69) is 0 Å². The van der Waals surface area contributed by atoms with E-state index in [0.29, 0.717) is 0 Å². The Morgan fingerprint density at radius 1 is 1.27 bits per heavy atom. The molecule has 0 aromatic heterocycles. The summed E-state index contributed by atoms with van der Waals surface area (Å²) in [5.74, 6) is 0. The molecule has 0 rings (SSSR count). The highest BCUT2D eigenvalue weighted by Gasteiger charge is 2.05. The van der Waals surface area contributed by atoms with Crippen molar-refractivity contribution in [3.8, 4) is 0 Å². The largest absolute Gasteiger partial charge is 0.353 e.